The van der Waals surface area contributed by atoms with E-state index >= 15 is 0 Å². The first-order valence-corrected chi connectivity index (χ1v) is 10.2. The minimum atomic E-state index is 0.505. The van der Waals surface area contributed by atoms with Crippen LogP contribution in [0.1, 0.15) is 18.1 Å². The molecular formula is C21H20N4O3S. The summed E-state index contributed by atoms with van der Waals surface area (Å²) in [4.78, 5) is 9.67. The van der Waals surface area contributed by atoms with Crippen molar-refractivity contribution in [3.05, 3.63) is 47.1 Å². The summed E-state index contributed by atoms with van der Waals surface area (Å²) in [5.74, 6) is 2.91. The molecule has 8 heteroatoms. The second-order valence-corrected chi connectivity index (χ2v) is 7.22. The molecule has 0 bridgehead atoms. The topological polar surface area (TPSA) is 89.3 Å². The van der Waals surface area contributed by atoms with Crippen LogP contribution in [-0.4, -0.2) is 36.3 Å². The molecule has 2 aromatic heterocycles. The van der Waals surface area contributed by atoms with Crippen LogP contribution in [0, 0.1) is 11.3 Å². The molecule has 0 aliphatic carbocycles. The summed E-state index contributed by atoms with van der Waals surface area (Å²) in [6.45, 7) is 4.25. The predicted octanol–water partition coefficient (Wildman–Crippen LogP) is 3.90. The van der Waals surface area contributed by atoms with E-state index < -0.39 is 0 Å². The molecule has 1 aliphatic heterocycles. The molecule has 0 saturated carbocycles. The SMILES string of the molecule is CCOc1csc(-c2cc(NCCc3cc4c(cc3C#N)OCCO4)ncn2)c1. The largest absolute Gasteiger partial charge is 0.493 e. The fourth-order valence-electron chi connectivity index (χ4n) is 3.05. The van der Waals surface area contributed by atoms with E-state index in [-0.39, 0.29) is 0 Å². The molecule has 0 unspecified atom stereocenters. The summed E-state index contributed by atoms with van der Waals surface area (Å²) in [5, 5.41) is 14.7. The lowest BCUT2D eigenvalue weighted by atomic mass is 10.0. The number of anilines is 1. The Kier molecular flexibility index (Phi) is 5.77. The number of nitriles is 1. The van der Waals surface area contributed by atoms with Gasteiger partial charge in [0.15, 0.2) is 11.5 Å². The van der Waals surface area contributed by atoms with Crippen molar-refractivity contribution in [1.29, 1.82) is 5.26 Å². The monoisotopic (exact) mass is 408 g/mol. The zero-order valence-corrected chi connectivity index (χ0v) is 16.8. The Morgan fingerprint density at radius 2 is 2.00 bits per heavy atom. The number of fused-ring (bicyclic) bond motifs is 1. The maximum Gasteiger partial charge on any atom is 0.162 e. The fourth-order valence-corrected chi connectivity index (χ4v) is 3.85. The van der Waals surface area contributed by atoms with Gasteiger partial charge in [-0.05, 0) is 25.0 Å². The number of nitrogens with one attached hydrogen (secondary N) is 1. The molecule has 0 atom stereocenters. The highest BCUT2D eigenvalue weighted by Gasteiger charge is 2.15. The van der Waals surface area contributed by atoms with Crippen molar-refractivity contribution in [1.82, 2.24) is 9.97 Å². The summed E-state index contributed by atoms with van der Waals surface area (Å²) < 4.78 is 16.7. The van der Waals surface area contributed by atoms with E-state index in [2.05, 4.69) is 21.4 Å². The van der Waals surface area contributed by atoms with Crippen molar-refractivity contribution >= 4 is 17.2 Å². The van der Waals surface area contributed by atoms with Crippen molar-refractivity contribution < 1.29 is 14.2 Å². The summed E-state index contributed by atoms with van der Waals surface area (Å²) in [7, 11) is 0. The Balaban J connectivity index is 1.43. The molecule has 148 valence electrons. The van der Waals surface area contributed by atoms with E-state index in [1.165, 1.54) is 0 Å². The van der Waals surface area contributed by atoms with Crippen LogP contribution >= 0.6 is 11.3 Å². The van der Waals surface area contributed by atoms with Crippen LogP contribution in [0.2, 0.25) is 0 Å². The molecule has 0 radical (unpaired) electrons. The Hall–Kier alpha value is -3.31. The summed E-state index contributed by atoms with van der Waals surface area (Å²) in [6, 6.07) is 9.77. The molecule has 7 nitrogen and oxygen atoms in total. The van der Waals surface area contributed by atoms with Crippen molar-refractivity contribution in [3.63, 3.8) is 0 Å². The van der Waals surface area contributed by atoms with Crippen LogP contribution in [-0.2, 0) is 6.42 Å². The summed E-state index contributed by atoms with van der Waals surface area (Å²) in [6.07, 6.45) is 2.20. The highest BCUT2D eigenvalue weighted by molar-refractivity contribution is 7.13. The van der Waals surface area contributed by atoms with Gasteiger partial charge in [-0.25, -0.2) is 9.97 Å². The number of thiophene rings is 1. The van der Waals surface area contributed by atoms with E-state index in [0.29, 0.717) is 49.8 Å². The zero-order chi connectivity index (χ0) is 20.1. The third kappa shape index (κ3) is 4.41. The van der Waals surface area contributed by atoms with Crippen molar-refractivity contribution in [2.24, 2.45) is 0 Å². The number of benzene rings is 1. The number of rotatable bonds is 7. The van der Waals surface area contributed by atoms with Gasteiger partial charge in [-0.15, -0.1) is 11.3 Å². The third-order valence-electron chi connectivity index (χ3n) is 4.39. The van der Waals surface area contributed by atoms with Gasteiger partial charge in [0.2, 0.25) is 0 Å². The molecule has 0 spiro atoms. The van der Waals surface area contributed by atoms with Crippen LogP contribution < -0.4 is 19.5 Å². The van der Waals surface area contributed by atoms with Gasteiger partial charge in [0, 0.05) is 30.1 Å². The minimum Gasteiger partial charge on any atom is -0.493 e. The molecule has 0 fully saturated rings. The average molecular weight is 408 g/mol. The smallest absolute Gasteiger partial charge is 0.162 e. The lowest BCUT2D eigenvalue weighted by Gasteiger charge is -2.19. The molecule has 4 rings (SSSR count). The lowest BCUT2D eigenvalue weighted by Crippen LogP contribution is -2.16. The Labute approximate surface area is 172 Å². The third-order valence-corrected chi connectivity index (χ3v) is 5.33. The zero-order valence-electron chi connectivity index (χ0n) is 16.0. The number of hydrogen-bond acceptors (Lipinski definition) is 8. The fraction of sp³-hybridized carbons (Fsp3) is 0.286. The van der Waals surface area contributed by atoms with Gasteiger partial charge >= 0.3 is 0 Å². The average Bonchev–Trinajstić information content (AvgIpc) is 3.22. The minimum absolute atomic E-state index is 0.505. The highest BCUT2D eigenvalue weighted by Crippen LogP contribution is 2.33. The molecule has 3 aromatic rings. The van der Waals surface area contributed by atoms with Gasteiger partial charge in [-0.2, -0.15) is 5.26 Å². The van der Waals surface area contributed by atoms with Gasteiger partial charge in [-0.3, -0.25) is 0 Å². The molecule has 1 N–H and O–H groups in total. The number of hydrogen-bond donors (Lipinski definition) is 1. The Morgan fingerprint density at radius 1 is 1.17 bits per heavy atom. The number of aromatic nitrogens is 2. The molecule has 3 heterocycles. The number of ether oxygens (including phenoxy) is 3. The van der Waals surface area contributed by atoms with Gasteiger partial charge < -0.3 is 19.5 Å². The quantitative estimate of drug-likeness (QED) is 0.634. The maximum atomic E-state index is 9.44. The summed E-state index contributed by atoms with van der Waals surface area (Å²) >= 11 is 1.59. The van der Waals surface area contributed by atoms with E-state index in [4.69, 9.17) is 14.2 Å². The molecule has 0 saturated heterocycles. The number of nitrogens with zero attached hydrogens (tertiary/aromatic N) is 3. The van der Waals surface area contributed by atoms with E-state index in [9.17, 15) is 5.26 Å². The standard InChI is InChI=1S/C21H20N4O3S/c1-2-26-16-9-20(29-12-16)17-10-21(25-13-24-17)23-4-3-14-7-18-19(8-15(14)11-22)28-6-5-27-18/h7-10,12-13H,2-6H2,1H3,(H,23,24,25). The lowest BCUT2D eigenvalue weighted by molar-refractivity contribution is 0.171. The molecule has 1 aromatic carbocycles. The highest BCUT2D eigenvalue weighted by atomic mass is 32.1. The molecule has 29 heavy (non-hydrogen) atoms. The van der Waals surface area contributed by atoms with Crippen LogP contribution in [0.15, 0.2) is 36.0 Å². The molecule has 0 amide bonds. The second kappa shape index (κ2) is 8.80. The van der Waals surface area contributed by atoms with Crippen LogP contribution in [0.3, 0.4) is 0 Å². The van der Waals surface area contributed by atoms with Gasteiger partial charge in [0.1, 0.15) is 31.1 Å². The van der Waals surface area contributed by atoms with E-state index in [0.717, 1.165) is 27.7 Å². The van der Waals surface area contributed by atoms with Crippen molar-refractivity contribution in [2.75, 3.05) is 31.7 Å². The maximum absolute atomic E-state index is 9.44. The van der Waals surface area contributed by atoms with Gasteiger partial charge in [0.25, 0.3) is 0 Å². The normalized spacial score (nSPS) is 12.3. The van der Waals surface area contributed by atoms with Crippen LogP contribution in [0.5, 0.6) is 17.2 Å². The first-order chi connectivity index (χ1) is 14.3. The van der Waals surface area contributed by atoms with Gasteiger partial charge in [0.05, 0.1) is 28.8 Å². The predicted molar refractivity (Wildman–Crippen MR) is 111 cm³/mol. The van der Waals surface area contributed by atoms with Gasteiger partial charge in [-0.1, -0.05) is 0 Å². The first kappa shape index (κ1) is 19.0. The molecular weight excluding hydrogens is 388 g/mol. The van der Waals surface area contributed by atoms with Crippen LogP contribution in [0.25, 0.3) is 10.6 Å². The van der Waals surface area contributed by atoms with E-state index in [1.54, 1.807) is 23.7 Å². The van der Waals surface area contributed by atoms with E-state index in [1.807, 2.05) is 30.5 Å². The Bertz CT molecular complexity index is 1040. The van der Waals surface area contributed by atoms with Crippen LogP contribution in [0.4, 0.5) is 5.82 Å². The molecule has 1 aliphatic rings. The van der Waals surface area contributed by atoms with Crippen molar-refractivity contribution in [2.45, 2.75) is 13.3 Å². The summed E-state index contributed by atoms with van der Waals surface area (Å²) in [5.41, 5.74) is 2.36. The Morgan fingerprint density at radius 3 is 2.79 bits per heavy atom. The second-order valence-electron chi connectivity index (χ2n) is 6.31. The van der Waals surface area contributed by atoms with Crippen molar-refractivity contribution in [3.8, 4) is 33.9 Å². The first-order valence-electron chi connectivity index (χ1n) is 9.37.